The highest BCUT2D eigenvalue weighted by Crippen LogP contribution is 2.32. The molecular formula is C24H17BN2O2. The molecule has 0 amide bonds. The maximum absolute atomic E-state index is 12.4. The minimum Gasteiger partial charge on any atom is -0.422 e. The van der Waals surface area contributed by atoms with Gasteiger partial charge in [-0.05, 0) is 42.5 Å². The van der Waals surface area contributed by atoms with Crippen LogP contribution in [0.2, 0.25) is 0 Å². The minimum absolute atomic E-state index is 0.332. The molecule has 5 rings (SSSR count). The summed E-state index contributed by atoms with van der Waals surface area (Å²) < 4.78 is 7.74. The van der Waals surface area contributed by atoms with Crippen LogP contribution in [0.1, 0.15) is 10.5 Å². The van der Waals surface area contributed by atoms with Gasteiger partial charge in [0.1, 0.15) is 19.3 Å². The van der Waals surface area contributed by atoms with Gasteiger partial charge in [0.2, 0.25) is 0 Å². The van der Waals surface area contributed by atoms with Crippen LogP contribution in [0.3, 0.4) is 0 Å². The molecule has 0 fully saturated rings. The maximum Gasteiger partial charge on any atom is 0.361 e. The molecule has 0 bridgehead atoms. The van der Waals surface area contributed by atoms with Crippen LogP contribution in [0.25, 0.3) is 27.5 Å². The number of esters is 1. The smallest absolute Gasteiger partial charge is 0.361 e. The molecule has 0 radical (unpaired) electrons. The number of carbonyl (C=O) groups is 1. The van der Waals surface area contributed by atoms with Crippen LogP contribution in [-0.2, 0) is 0 Å². The van der Waals surface area contributed by atoms with E-state index in [1.165, 1.54) is 10.8 Å². The molecule has 0 saturated carbocycles. The predicted octanol–water partition coefficient (Wildman–Crippen LogP) is 3.66. The van der Waals surface area contributed by atoms with Crippen molar-refractivity contribution in [2.45, 2.75) is 0 Å². The maximum atomic E-state index is 12.4. The lowest BCUT2D eigenvalue weighted by atomic mass is 9.94. The number of ether oxygens (including phenoxy) is 1. The van der Waals surface area contributed by atoms with Gasteiger partial charge >= 0.3 is 5.97 Å². The van der Waals surface area contributed by atoms with Crippen molar-refractivity contribution in [3.8, 4) is 11.4 Å². The van der Waals surface area contributed by atoms with Crippen molar-refractivity contribution in [1.29, 1.82) is 0 Å². The first-order valence-corrected chi connectivity index (χ1v) is 9.45. The zero-order valence-electron chi connectivity index (χ0n) is 15.9. The van der Waals surface area contributed by atoms with Crippen LogP contribution in [0, 0.1) is 0 Å². The molecule has 5 heteroatoms. The third-order valence-electron chi connectivity index (χ3n) is 5.09. The Morgan fingerprint density at radius 3 is 2.03 bits per heavy atom. The molecule has 0 aliphatic heterocycles. The highest BCUT2D eigenvalue weighted by atomic mass is 16.5. The topological polar surface area (TPSA) is 44.1 Å². The Morgan fingerprint density at radius 2 is 1.41 bits per heavy atom. The summed E-state index contributed by atoms with van der Waals surface area (Å²) in [6.45, 7) is 0. The van der Waals surface area contributed by atoms with Crippen molar-refractivity contribution in [2.75, 3.05) is 0 Å². The fourth-order valence-electron chi connectivity index (χ4n) is 3.72. The predicted molar refractivity (Wildman–Crippen MR) is 118 cm³/mol. The van der Waals surface area contributed by atoms with Gasteiger partial charge in [-0.1, -0.05) is 47.9 Å². The lowest BCUT2D eigenvalue weighted by Crippen LogP contribution is -2.21. The number of aromatic nitrogens is 2. The largest absolute Gasteiger partial charge is 0.422 e. The number of rotatable bonds is 3. The van der Waals surface area contributed by atoms with E-state index in [0.717, 1.165) is 22.2 Å². The van der Waals surface area contributed by atoms with Gasteiger partial charge in [0.05, 0.1) is 11.0 Å². The van der Waals surface area contributed by atoms with Gasteiger partial charge in [-0.3, -0.25) is 0 Å². The second-order valence-corrected chi connectivity index (χ2v) is 6.92. The Morgan fingerprint density at radius 1 is 0.793 bits per heavy atom. The second-order valence-electron chi connectivity index (χ2n) is 6.92. The number of hydrogen-bond donors (Lipinski definition) is 0. The van der Waals surface area contributed by atoms with Gasteiger partial charge in [0.25, 0.3) is 0 Å². The molecule has 29 heavy (non-hydrogen) atoms. The van der Waals surface area contributed by atoms with Crippen LogP contribution in [-0.4, -0.2) is 23.4 Å². The summed E-state index contributed by atoms with van der Waals surface area (Å²) in [6, 6.07) is 27.9. The summed E-state index contributed by atoms with van der Waals surface area (Å²) in [7, 11) is 1.84. The summed E-state index contributed by atoms with van der Waals surface area (Å²) in [5.74, 6) is 0.0392. The number of nitrogens with zero attached hydrogens (tertiary/aromatic N) is 2. The van der Waals surface area contributed by atoms with Crippen molar-refractivity contribution < 1.29 is 9.53 Å². The van der Waals surface area contributed by atoms with Gasteiger partial charge in [-0.15, -0.1) is 0 Å². The molecule has 138 valence electrons. The van der Waals surface area contributed by atoms with Crippen molar-refractivity contribution >= 4 is 41.1 Å². The Balaban J connectivity index is 1.52. The molecule has 2 aromatic heterocycles. The molecule has 4 nitrogen and oxygen atoms in total. The van der Waals surface area contributed by atoms with Crippen LogP contribution >= 0.6 is 0 Å². The average Bonchev–Trinajstić information content (AvgIpc) is 3.09. The minimum atomic E-state index is -0.451. The Kier molecular flexibility index (Phi) is 4.13. The van der Waals surface area contributed by atoms with Crippen molar-refractivity contribution in [3.05, 3.63) is 96.8 Å². The lowest BCUT2D eigenvalue weighted by molar-refractivity contribution is 0.0730. The second kappa shape index (κ2) is 6.95. The third-order valence-corrected chi connectivity index (χ3v) is 5.09. The number of hydrogen-bond acceptors (Lipinski definition) is 3. The summed E-state index contributed by atoms with van der Waals surface area (Å²) in [6.07, 6.45) is 1.59. The SMILES string of the molecule is Bc1cccnc1C(=O)Oc1ccc(-n2c3ccccc3c3ccccc32)cc1. The normalized spacial score (nSPS) is 11.0. The first-order chi connectivity index (χ1) is 14.2. The van der Waals surface area contributed by atoms with E-state index in [1.807, 2.05) is 50.3 Å². The van der Waals surface area contributed by atoms with Crippen molar-refractivity contribution in [3.63, 3.8) is 0 Å². The van der Waals surface area contributed by atoms with E-state index < -0.39 is 5.97 Å². The van der Waals surface area contributed by atoms with E-state index in [9.17, 15) is 4.79 Å². The molecule has 0 unspecified atom stereocenters. The Labute approximate surface area is 168 Å². The summed E-state index contributed by atoms with van der Waals surface area (Å²) in [4.78, 5) is 16.5. The number of benzene rings is 3. The molecule has 0 saturated heterocycles. The highest BCUT2D eigenvalue weighted by Gasteiger charge is 2.14. The molecule has 3 aromatic carbocycles. The fourth-order valence-corrected chi connectivity index (χ4v) is 3.72. The van der Waals surface area contributed by atoms with Crippen molar-refractivity contribution in [1.82, 2.24) is 9.55 Å². The van der Waals surface area contributed by atoms with E-state index in [-0.39, 0.29) is 0 Å². The number of pyridine rings is 1. The van der Waals surface area contributed by atoms with Crippen LogP contribution in [0.5, 0.6) is 5.75 Å². The third kappa shape index (κ3) is 2.97. The zero-order chi connectivity index (χ0) is 19.8. The lowest BCUT2D eigenvalue weighted by Gasteiger charge is -2.10. The van der Waals surface area contributed by atoms with E-state index >= 15 is 0 Å². The Hall–Kier alpha value is -3.86. The van der Waals surface area contributed by atoms with E-state index in [2.05, 4.69) is 45.9 Å². The van der Waals surface area contributed by atoms with Gasteiger partial charge in [0.15, 0.2) is 0 Å². The highest BCUT2D eigenvalue weighted by molar-refractivity contribution is 6.35. The first-order valence-electron chi connectivity index (χ1n) is 9.45. The Bertz CT molecular complexity index is 1300. The molecule has 2 heterocycles. The molecule has 0 atom stereocenters. The van der Waals surface area contributed by atoms with Gasteiger partial charge in [-0.2, -0.15) is 0 Å². The average molecular weight is 376 g/mol. The van der Waals surface area contributed by atoms with E-state index in [1.54, 1.807) is 12.3 Å². The summed E-state index contributed by atoms with van der Waals surface area (Å²) in [5, 5.41) is 2.42. The molecular weight excluding hydrogens is 359 g/mol. The summed E-state index contributed by atoms with van der Waals surface area (Å²) >= 11 is 0. The summed E-state index contributed by atoms with van der Waals surface area (Å²) in [5.41, 5.74) is 4.42. The molecule has 0 aliphatic carbocycles. The van der Waals surface area contributed by atoms with E-state index in [0.29, 0.717) is 11.4 Å². The molecule has 0 spiro atoms. The van der Waals surface area contributed by atoms with Crippen LogP contribution < -0.4 is 10.2 Å². The van der Waals surface area contributed by atoms with Gasteiger partial charge in [-0.25, -0.2) is 9.78 Å². The zero-order valence-corrected chi connectivity index (χ0v) is 15.9. The van der Waals surface area contributed by atoms with Crippen LogP contribution in [0.15, 0.2) is 91.1 Å². The number of para-hydroxylation sites is 2. The fraction of sp³-hybridized carbons (Fsp3) is 0. The molecule has 0 aliphatic rings. The quantitative estimate of drug-likeness (QED) is 0.274. The van der Waals surface area contributed by atoms with Gasteiger partial charge < -0.3 is 9.30 Å². The van der Waals surface area contributed by atoms with Crippen molar-refractivity contribution in [2.24, 2.45) is 0 Å². The number of carbonyl (C=O) groups excluding carboxylic acids is 1. The molecule has 5 aromatic rings. The molecule has 0 N–H and O–H groups in total. The van der Waals surface area contributed by atoms with Gasteiger partial charge in [0, 0.05) is 22.7 Å². The standard InChI is InChI=1S/C24H17BN2O2/c25-20-8-5-15-26-23(20)24(28)29-17-13-11-16(12-14-17)27-21-9-3-1-6-18(21)19-7-2-4-10-22(19)27/h1-15H,25H2. The number of fused-ring (bicyclic) bond motifs is 3. The van der Waals surface area contributed by atoms with E-state index in [4.69, 9.17) is 4.74 Å². The first kappa shape index (κ1) is 17.3. The van der Waals surface area contributed by atoms with Crippen LogP contribution in [0.4, 0.5) is 0 Å². The monoisotopic (exact) mass is 376 g/mol.